The highest BCUT2D eigenvalue weighted by atomic mass is 35.5. The first-order valence-corrected chi connectivity index (χ1v) is 14.2. The third-order valence-electron chi connectivity index (χ3n) is 7.77. The molecule has 1 unspecified atom stereocenters. The first-order valence-electron chi connectivity index (χ1n) is 13.8. The SMILES string of the molecule is CN(CC=CC(=O)N1CCCC(n2c(Cl)c(-c3ccc(Oc4ccccc4)cc3)c3c(N)ncnc32)C1)C1CC1. The van der Waals surface area contributed by atoms with Crippen LogP contribution >= 0.6 is 11.6 Å². The van der Waals surface area contributed by atoms with E-state index in [1.54, 1.807) is 6.08 Å². The lowest BCUT2D eigenvalue weighted by atomic mass is 10.1. The lowest BCUT2D eigenvalue weighted by molar-refractivity contribution is -0.127. The minimum absolute atomic E-state index is 0.0287. The second-order valence-corrected chi connectivity index (χ2v) is 10.9. The van der Waals surface area contributed by atoms with Crippen molar-refractivity contribution in [3.63, 3.8) is 0 Å². The molecule has 2 aromatic carbocycles. The van der Waals surface area contributed by atoms with Crippen molar-refractivity contribution in [2.45, 2.75) is 37.8 Å². The van der Waals surface area contributed by atoms with Gasteiger partial charge in [-0.1, -0.05) is 48.0 Å². The number of piperidine rings is 1. The minimum Gasteiger partial charge on any atom is -0.457 e. The topological polar surface area (TPSA) is 89.5 Å². The number of hydrogen-bond acceptors (Lipinski definition) is 6. The van der Waals surface area contributed by atoms with Crippen molar-refractivity contribution in [2.24, 2.45) is 0 Å². The van der Waals surface area contributed by atoms with E-state index in [9.17, 15) is 4.79 Å². The van der Waals surface area contributed by atoms with Gasteiger partial charge in [-0.15, -0.1) is 0 Å². The fraction of sp³-hybridized carbons (Fsp3) is 0.323. The number of fused-ring (bicyclic) bond motifs is 1. The number of aromatic nitrogens is 3. The van der Waals surface area contributed by atoms with Crippen LogP contribution in [0.4, 0.5) is 5.82 Å². The number of para-hydroxylation sites is 1. The molecular weight excluding hydrogens is 524 g/mol. The molecule has 6 rings (SSSR count). The fourth-order valence-corrected chi connectivity index (χ4v) is 5.92. The van der Waals surface area contributed by atoms with Crippen LogP contribution in [0.25, 0.3) is 22.2 Å². The Morgan fingerprint density at radius 1 is 1.10 bits per heavy atom. The highest BCUT2D eigenvalue weighted by Crippen LogP contribution is 2.43. The van der Waals surface area contributed by atoms with Crippen LogP contribution in [0.3, 0.4) is 0 Å². The van der Waals surface area contributed by atoms with Crippen LogP contribution in [0.2, 0.25) is 5.15 Å². The summed E-state index contributed by atoms with van der Waals surface area (Å²) in [5.41, 5.74) is 8.75. The van der Waals surface area contributed by atoms with Crippen molar-refractivity contribution in [3.05, 3.63) is 78.2 Å². The Hall–Kier alpha value is -3.88. The first-order chi connectivity index (χ1) is 19.5. The number of halogens is 1. The third kappa shape index (κ3) is 5.42. The zero-order valence-corrected chi connectivity index (χ0v) is 23.3. The monoisotopic (exact) mass is 556 g/mol. The van der Waals surface area contributed by atoms with Crippen molar-refractivity contribution < 1.29 is 9.53 Å². The number of amides is 1. The van der Waals surface area contributed by atoms with E-state index in [1.807, 2.05) is 70.1 Å². The first kappa shape index (κ1) is 26.3. The molecule has 1 saturated heterocycles. The van der Waals surface area contributed by atoms with E-state index in [1.165, 1.54) is 19.2 Å². The summed E-state index contributed by atoms with van der Waals surface area (Å²) in [6, 6.07) is 18.0. The van der Waals surface area contributed by atoms with Crippen LogP contribution in [0.15, 0.2) is 73.1 Å². The maximum atomic E-state index is 13.1. The van der Waals surface area contributed by atoms with E-state index in [2.05, 4.69) is 21.9 Å². The molecule has 2 aromatic heterocycles. The predicted octanol–water partition coefficient (Wildman–Crippen LogP) is 5.94. The average molecular weight is 557 g/mol. The summed E-state index contributed by atoms with van der Waals surface area (Å²) in [5, 5.41) is 1.26. The molecule has 3 heterocycles. The number of likely N-dealkylation sites (tertiary alicyclic amines) is 1. The van der Waals surface area contributed by atoms with Crippen LogP contribution in [-0.4, -0.2) is 63.0 Å². The van der Waals surface area contributed by atoms with E-state index in [-0.39, 0.29) is 11.9 Å². The molecule has 1 aliphatic heterocycles. The highest BCUT2D eigenvalue weighted by molar-refractivity contribution is 6.35. The van der Waals surface area contributed by atoms with Gasteiger partial charge in [0.1, 0.15) is 34.4 Å². The summed E-state index contributed by atoms with van der Waals surface area (Å²) in [6.45, 7) is 2.07. The second-order valence-electron chi connectivity index (χ2n) is 10.6. The summed E-state index contributed by atoms with van der Waals surface area (Å²) in [6.07, 6.45) is 9.41. The van der Waals surface area contributed by atoms with E-state index in [0.717, 1.165) is 53.9 Å². The number of nitrogens with zero attached hydrogens (tertiary/aromatic N) is 5. The fourth-order valence-electron chi connectivity index (χ4n) is 5.49. The van der Waals surface area contributed by atoms with Crippen molar-refractivity contribution in [2.75, 3.05) is 32.4 Å². The molecule has 9 heteroatoms. The van der Waals surface area contributed by atoms with E-state index in [4.69, 9.17) is 22.1 Å². The summed E-state index contributed by atoms with van der Waals surface area (Å²) in [7, 11) is 2.11. The lowest BCUT2D eigenvalue weighted by Gasteiger charge is -2.33. The molecule has 0 spiro atoms. The Morgan fingerprint density at radius 3 is 2.60 bits per heavy atom. The molecule has 1 saturated carbocycles. The molecule has 1 amide bonds. The molecule has 2 fully saturated rings. The number of nitrogens with two attached hydrogens (primary N) is 1. The average Bonchev–Trinajstić information content (AvgIpc) is 3.78. The largest absolute Gasteiger partial charge is 0.457 e. The summed E-state index contributed by atoms with van der Waals surface area (Å²) < 4.78 is 8.00. The van der Waals surface area contributed by atoms with Crippen molar-refractivity contribution in [1.82, 2.24) is 24.3 Å². The van der Waals surface area contributed by atoms with Gasteiger partial charge >= 0.3 is 0 Å². The normalized spacial score (nSPS) is 17.7. The zero-order chi connectivity index (χ0) is 27.6. The molecule has 0 radical (unpaired) electrons. The van der Waals surface area contributed by atoms with Gasteiger partial charge in [0.05, 0.1) is 11.4 Å². The molecule has 1 aliphatic carbocycles. The lowest BCUT2D eigenvalue weighted by Crippen LogP contribution is -2.40. The standard InChI is InChI=1S/C31H33ClN6O2/c1-36(22-13-14-22)17-6-10-26(39)37-18-5-7-23(19-37)38-29(32)27(28-30(33)34-20-35-31(28)38)21-11-15-25(16-12-21)40-24-8-3-2-4-9-24/h2-4,6,8-12,15-16,20,22-23H,5,7,13-14,17-19H2,1H3,(H2,33,34,35). The van der Waals surface area contributed by atoms with Crippen molar-refractivity contribution in [3.8, 4) is 22.6 Å². The number of ether oxygens (including phenoxy) is 1. The molecule has 2 N–H and O–H groups in total. The van der Waals surface area contributed by atoms with Crippen LogP contribution in [0.1, 0.15) is 31.7 Å². The molecule has 8 nitrogen and oxygen atoms in total. The Bertz CT molecular complexity index is 1530. The number of likely N-dealkylation sites (N-methyl/N-ethyl adjacent to an activating group) is 1. The summed E-state index contributed by atoms with van der Waals surface area (Å²) in [5.74, 6) is 1.89. The van der Waals surface area contributed by atoms with Gasteiger partial charge in [-0.05, 0) is 62.6 Å². The number of benzene rings is 2. The Labute approximate surface area is 239 Å². The quantitative estimate of drug-likeness (QED) is 0.270. The molecule has 206 valence electrons. The van der Waals surface area contributed by atoms with Gasteiger partial charge in [0.25, 0.3) is 0 Å². The highest BCUT2D eigenvalue weighted by Gasteiger charge is 2.30. The van der Waals surface area contributed by atoms with Gasteiger partial charge in [0, 0.05) is 37.3 Å². The van der Waals surface area contributed by atoms with E-state index >= 15 is 0 Å². The smallest absolute Gasteiger partial charge is 0.246 e. The molecule has 0 bridgehead atoms. The van der Waals surface area contributed by atoms with E-state index in [0.29, 0.717) is 29.2 Å². The third-order valence-corrected chi connectivity index (χ3v) is 8.14. The second kappa shape index (κ2) is 11.3. The Balaban J connectivity index is 1.27. The number of carbonyl (C=O) groups excluding carboxylic acids is 1. The molecule has 2 aliphatic rings. The molecular formula is C31H33ClN6O2. The number of hydrogen-bond donors (Lipinski definition) is 1. The number of nitrogen functional groups attached to an aromatic ring is 1. The van der Waals surface area contributed by atoms with Gasteiger partial charge in [-0.3, -0.25) is 9.69 Å². The molecule has 40 heavy (non-hydrogen) atoms. The minimum atomic E-state index is -0.0287. The summed E-state index contributed by atoms with van der Waals surface area (Å²) in [4.78, 5) is 26.1. The van der Waals surface area contributed by atoms with Gasteiger partial charge in [-0.2, -0.15) is 0 Å². The van der Waals surface area contributed by atoms with Crippen molar-refractivity contribution >= 4 is 34.4 Å². The van der Waals surface area contributed by atoms with Gasteiger partial charge in [-0.25, -0.2) is 9.97 Å². The summed E-state index contributed by atoms with van der Waals surface area (Å²) >= 11 is 7.13. The van der Waals surface area contributed by atoms with Crippen LogP contribution in [0, 0.1) is 0 Å². The number of carbonyl (C=O) groups is 1. The van der Waals surface area contributed by atoms with Crippen LogP contribution in [-0.2, 0) is 4.79 Å². The predicted molar refractivity (Wildman–Crippen MR) is 159 cm³/mol. The van der Waals surface area contributed by atoms with Gasteiger partial charge < -0.3 is 19.9 Å². The molecule has 1 atom stereocenters. The molecule has 4 aromatic rings. The Kier molecular flexibility index (Phi) is 7.45. The zero-order valence-electron chi connectivity index (χ0n) is 22.5. The number of anilines is 1. The van der Waals surface area contributed by atoms with Crippen molar-refractivity contribution in [1.29, 1.82) is 0 Å². The van der Waals surface area contributed by atoms with Gasteiger partial charge in [0.15, 0.2) is 0 Å². The maximum Gasteiger partial charge on any atom is 0.246 e. The number of rotatable bonds is 8. The Morgan fingerprint density at radius 2 is 1.85 bits per heavy atom. The van der Waals surface area contributed by atoms with Gasteiger partial charge in [0.2, 0.25) is 5.91 Å². The van der Waals surface area contributed by atoms with E-state index < -0.39 is 0 Å². The van der Waals surface area contributed by atoms with Crippen LogP contribution < -0.4 is 10.5 Å². The maximum absolute atomic E-state index is 13.1. The van der Waals surface area contributed by atoms with Crippen LogP contribution in [0.5, 0.6) is 11.5 Å².